The number of aromatic nitrogens is 1. The van der Waals surface area contributed by atoms with Crippen LogP contribution in [0.4, 0.5) is 4.79 Å². The van der Waals surface area contributed by atoms with Crippen LogP contribution in [0.15, 0.2) is 54.6 Å². The molecule has 2 N–H and O–H groups in total. The van der Waals surface area contributed by atoms with Gasteiger partial charge < -0.3 is 39.3 Å². The quantitative estimate of drug-likeness (QED) is 0.291. The minimum atomic E-state index is -1.15. The lowest BCUT2D eigenvalue weighted by atomic mass is 10.1. The molecule has 4 amide bonds. The number of carboxylic acids is 1. The second-order valence-electron chi connectivity index (χ2n) is 11.9. The van der Waals surface area contributed by atoms with Gasteiger partial charge in [-0.25, -0.2) is 9.78 Å². The number of pyridine rings is 1. The second-order valence-corrected chi connectivity index (χ2v) is 11.9. The standard InChI is InChI=1S/C35H41N5O9/c1-3-47-35(46)39-18-16-38(17-19-39)34(45)27(12-13-32(42)43)37-33(44)28-20-30(25-9-5-6-10-26(25)36-28)48-22-31(41)40-15-14-24(21-40)49-29-11-7-4-8-23(29)2/h4-11,20,24,27H,3,12-19,21-22H2,1-2H3,(H,37,44)(H,42,43)/t24-,27?/m0/s1. The number of carboxylic acid groups (broad SMARTS) is 1. The number of nitrogens with zero attached hydrogens (tertiary/aromatic N) is 4. The summed E-state index contributed by atoms with van der Waals surface area (Å²) in [5.41, 5.74) is 1.40. The molecular formula is C35H41N5O9. The topological polar surface area (TPSA) is 168 Å². The number of amides is 4. The first-order chi connectivity index (χ1) is 23.6. The van der Waals surface area contributed by atoms with E-state index >= 15 is 0 Å². The van der Waals surface area contributed by atoms with Crippen LogP contribution >= 0.6 is 0 Å². The highest BCUT2D eigenvalue weighted by Gasteiger charge is 2.32. The molecule has 2 aliphatic heterocycles. The van der Waals surface area contributed by atoms with Gasteiger partial charge in [0.1, 0.15) is 29.3 Å². The Morgan fingerprint density at radius 3 is 2.39 bits per heavy atom. The highest BCUT2D eigenvalue weighted by molar-refractivity contribution is 5.99. The number of aryl methyl sites for hydroxylation is 1. The maximum Gasteiger partial charge on any atom is 0.409 e. The molecule has 14 heteroatoms. The summed E-state index contributed by atoms with van der Waals surface area (Å²) in [7, 11) is 0. The average Bonchev–Trinajstić information content (AvgIpc) is 3.58. The Bertz CT molecular complexity index is 1690. The molecule has 14 nitrogen and oxygen atoms in total. The van der Waals surface area contributed by atoms with Crippen LogP contribution in [-0.4, -0.2) is 119 Å². The molecule has 0 spiro atoms. The number of likely N-dealkylation sites (tertiary alicyclic amines) is 1. The van der Waals surface area contributed by atoms with Crippen molar-refractivity contribution in [1.82, 2.24) is 25.0 Å². The fourth-order valence-corrected chi connectivity index (χ4v) is 5.83. The zero-order valence-electron chi connectivity index (χ0n) is 27.6. The first kappa shape index (κ1) is 34.9. The summed E-state index contributed by atoms with van der Waals surface area (Å²) in [5, 5.41) is 12.6. The van der Waals surface area contributed by atoms with Gasteiger partial charge in [-0.2, -0.15) is 0 Å². The summed E-state index contributed by atoms with van der Waals surface area (Å²) in [6, 6.07) is 15.0. The van der Waals surface area contributed by atoms with Crippen LogP contribution in [-0.2, 0) is 19.1 Å². The molecule has 2 atom stereocenters. The fraction of sp³-hybridized carbons (Fsp3) is 0.429. The molecule has 5 rings (SSSR count). The predicted octanol–water partition coefficient (Wildman–Crippen LogP) is 2.87. The van der Waals surface area contributed by atoms with Crippen LogP contribution in [0.25, 0.3) is 10.9 Å². The van der Waals surface area contributed by atoms with Crippen molar-refractivity contribution >= 4 is 40.7 Å². The zero-order chi connectivity index (χ0) is 34.9. The van der Waals surface area contributed by atoms with E-state index in [9.17, 15) is 29.1 Å². The predicted molar refractivity (Wildman–Crippen MR) is 177 cm³/mol. The summed E-state index contributed by atoms with van der Waals surface area (Å²) in [4.78, 5) is 72.8. The maximum absolute atomic E-state index is 13.5. The molecule has 2 saturated heterocycles. The zero-order valence-corrected chi connectivity index (χ0v) is 27.6. The Hall–Kier alpha value is -5.40. The third kappa shape index (κ3) is 8.95. The van der Waals surface area contributed by atoms with E-state index in [-0.39, 0.29) is 75.7 Å². The van der Waals surface area contributed by atoms with Gasteiger partial charge in [0, 0.05) is 57.0 Å². The molecule has 0 radical (unpaired) electrons. The molecule has 260 valence electrons. The number of aliphatic carboxylic acids is 1. The molecule has 1 unspecified atom stereocenters. The molecule has 0 aliphatic carbocycles. The van der Waals surface area contributed by atoms with Gasteiger partial charge in [0.15, 0.2) is 6.61 Å². The summed E-state index contributed by atoms with van der Waals surface area (Å²) >= 11 is 0. The van der Waals surface area contributed by atoms with Gasteiger partial charge in [0.2, 0.25) is 5.91 Å². The summed E-state index contributed by atoms with van der Waals surface area (Å²) in [5.74, 6) is -1.46. The van der Waals surface area contributed by atoms with Crippen LogP contribution in [0.3, 0.4) is 0 Å². The minimum Gasteiger partial charge on any atom is -0.488 e. The Morgan fingerprint density at radius 2 is 1.65 bits per heavy atom. The smallest absolute Gasteiger partial charge is 0.409 e. The average molecular weight is 676 g/mol. The number of carbonyl (C=O) groups is 5. The van der Waals surface area contributed by atoms with E-state index in [1.807, 2.05) is 31.2 Å². The Kier molecular flexibility index (Phi) is 11.5. The molecule has 2 fully saturated rings. The lowest BCUT2D eigenvalue weighted by Crippen LogP contribution is -2.56. The Labute approximate surface area is 283 Å². The summed E-state index contributed by atoms with van der Waals surface area (Å²) in [6.07, 6.45) is -0.419. The number of rotatable bonds is 12. The van der Waals surface area contributed by atoms with E-state index in [0.29, 0.717) is 30.4 Å². The number of benzene rings is 2. The van der Waals surface area contributed by atoms with Crippen molar-refractivity contribution in [2.45, 2.75) is 45.3 Å². The fourth-order valence-electron chi connectivity index (χ4n) is 5.83. The number of carbonyl (C=O) groups excluding carboxylic acids is 4. The van der Waals surface area contributed by atoms with Crippen molar-refractivity contribution in [2.75, 3.05) is 52.5 Å². The van der Waals surface area contributed by atoms with E-state index in [1.165, 1.54) is 15.9 Å². The van der Waals surface area contributed by atoms with Gasteiger partial charge in [-0.05, 0) is 44.0 Å². The van der Waals surface area contributed by atoms with Crippen molar-refractivity contribution < 1.29 is 43.3 Å². The molecule has 2 aromatic carbocycles. The molecule has 3 heterocycles. The first-order valence-corrected chi connectivity index (χ1v) is 16.4. The number of piperazine rings is 1. The number of ether oxygens (including phenoxy) is 3. The number of nitrogens with one attached hydrogen (secondary N) is 1. The monoisotopic (exact) mass is 675 g/mol. The molecule has 3 aromatic rings. The van der Waals surface area contributed by atoms with Crippen LogP contribution in [0.5, 0.6) is 11.5 Å². The van der Waals surface area contributed by atoms with E-state index in [1.54, 1.807) is 36.1 Å². The van der Waals surface area contributed by atoms with Crippen LogP contribution in [0, 0.1) is 6.92 Å². The van der Waals surface area contributed by atoms with Gasteiger partial charge in [-0.3, -0.25) is 19.2 Å². The lowest BCUT2D eigenvalue weighted by Gasteiger charge is -2.35. The molecule has 0 bridgehead atoms. The molecule has 2 aliphatic rings. The third-order valence-electron chi connectivity index (χ3n) is 8.51. The molecule has 49 heavy (non-hydrogen) atoms. The van der Waals surface area contributed by atoms with Gasteiger partial charge in [0.25, 0.3) is 11.8 Å². The van der Waals surface area contributed by atoms with Gasteiger partial charge in [-0.15, -0.1) is 0 Å². The first-order valence-electron chi connectivity index (χ1n) is 16.4. The number of hydrogen-bond acceptors (Lipinski definition) is 9. The highest BCUT2D eigenvalue weighted by Crippen LogP contribution is 2.27. The van der Waals surface area contributed by atoms with Crippen molar-refractivity contribution in [3.05, 3.63) is 65.9 Å². The van der Waals surface area contributed by atoms with Crippen LogP contribution < -0.4 is 14.8 Å². The van der Waals surface area contributed by atoms with Gasteiger partial charge in [0.05, 0.1) is 18.7 Å². The van der Waals surface area contributed by atoms with Crippen LogP contribution in [0.2, 0.25) is 0 Å². The van der Waals surface area contributed by atoms with E-state index in [2.05, 4.69) is 10.3 Å². The van der Waals surface area contributed by atoms with Crippen molar-refractivity contribution in [2.24, 2.45) is 0 Å². The van der Waals surface area contributed by atoms with Crippen molar-refractivity contribution in [3.63, 3.8) is 0 Å². The van der Waals surface area contributed by atoms with Crippen molar-refractivity contribution in [1.29, 1.82) is 0 Å². The lowest BCUT2D eigenvalue weighted by molar-refractivity contribution is -0.138. The molecule has 1 aromatic heterocycles. The third-order valence-corrected chi connectivity index (χ3v) is 8.51. The number of para-hydroxylation sites is 2. The van der Waals surface area contributed by atoms with Crippen LogP contribution in [0.1, 0.15) is 42.2 Å². The summed E-state index contributed by atoms with van der Waals surface area (Å²) < 4.78 is 17.1. The number of hydrogen-bond donors (Lipinski definition) is 2. The van der Waals surface area contributed by atoms with Gasteiger partial charge >= 0.3 is 12.1 Å². The van der Waals surface area contributed by atoms with E-state index in [0.717, 1.165) is 11.3 Å². The molecule has 0 saturated carbocycles. The normalized spacial score (nSPS) is 16.6. The Morgan fingerprint density at radius 1 is 0.939 bits per heavy atom. The SMILES string of the molecule is CCOC(=O)N1CCN(C(=O)C(CCC(=O)O)NC(=O)c2cc(OCC(=O)N3CC[C@H](Oc4ccccc4C)C3)c3ccccc3n2)CC1. The maximum atomic E-state index is 13.5. The molecular weight excluding hydrogens is 634 g/mol. The largest absolute Gasteiger partial charge is 0.488 e. The van der Waals surface area contributed by atoms with Gasteiger partial charge in [-0.1, -0.05) is 30.3 Å². The highest BCUT2D eigenvalue weighted by atomic mass is 16.6. The second kappa shape index (κ2) is 16.1. The van der Waals surface area contributed by atoms with E-state index in [4.69, 9.17) is 14.2 Å². The van der Waals surface area contributed by atoms with Crippen molar-refractivity contribution in [3.8, 4) is 11.5 Å². The number of fused-ring (bicyclic) bond motifs is 1. The Balaban J connectivity index is 1.25. The minimum absolute atomic E-state index is 0.0609. The summed E-state index contributed by atoms with van der Waals surface area (Å²) in [6.45, 7) is 5.47. The van der Waals surface area contributed by atoms with E-state index < -0.39 is 29.9 Å².